The molecule has 1 amide bonds. The van der Waals surface area contributed by atoms with Gasteiger partial charge in [0.1, 0.15) is 12.4 Å². The predicted molar refractivity (Wildman–Crippen MR) is 99.5 cm³/mol. The van der Waals surface area contributed by atoms with Crippen molar-refractivity contribution in [2.75, 3.05) is 11.9 Å². The highest BCUT2D eigenvalue weighted by Gasteiger charge is 2.11. The molecule has 0 spiro atoms. The Kier molecular flexibility index (Phi) is 6.61. The second kappa shape index (κ2) is 8.69. The number of rotatable bonds is 5. The monoisotopic (exact) mass is 382 g/mol. The molecule has 0 bridgehead atoms. The van der Waals surface area contributed by atoms with Crippen LogP contribution in [-0.2, 0) is 4.79 Å². The molecule has 0 aliphatic carbocycles. The number of amides is 1. The van der Waals surface area contributed by atoms with E-state index in [-0.39, 0.29) is 18.5 Å². The number of aliphatic imine (C=N–C) groups is 1. The Bertz CT molecular complexity index is 798. The number of nitrogens with one attached hydrogen (secondary N) is 2. The van der Waals surface area contributed by atoms with Gasteiger partial charge < -0.3 is 16.4 Å². The van der Waals surface area contributed by atoms with Gasteiger partial charge in [0.25, 0.3) is 0 Å². The molecule has 25 heavy (non-hydrogen) atoms. The Balaban J connectivity index is 1.91. The average molecular weight is 383 g/mol. The fourth-order valence-corrected chi connectivity index (χ4v) is 2.69. The Morgan fingerprint density at radius 1 is 1.28 bits per heavy atom. The molecule has 0 saturated carbocycles. The molecule has 0 radical (unpaired) electrons. The topological polar surface area (TPSA) is 79.5 Å². The van der Waals surface area contributed by atoms with Crippen LogP contribution in [-0.4, -0.2) is 18.4 Å². The summed E-state index contributed by atoms with van der Waals surface area (Å²) in [6, 6.07) is 10.5. The molecule has 1 atom stereocenters. The van der Waals surface area contributed by atoms with Crippen LogP contribution in [0.3, 0.4) is 0 Å². The molecule has 0 aromatic heterocycles. The molecular formula is C17H17Cl2FN4O. The summed E-state index contributed by atoms with van der Waals surface area (Å²) in [5.41, 5.74) is 6.94. The van der Waals surface area contributed by atoms with E-state index < -0.39 is 11.7 Å². The van der Waals surface area contributed by atoms with Crippen LogP contribution in [0.4, 0.5) is 10.1 Å². The number of anilines is 1. The van der Waals surface area contributed by atoms with Crippen LogP contribution in [0.5, 0.6) is 0 Å². The Labute approximate surface area is 155 Å². The lowest BCUT2D eigenvalue weighted by Crippen LogP contribution is -2.34. The van der Waals surface area contributed by atoms with Crippen molar-refractivity contribution < 1.29 is 9.18 Å². The Morgan fingerprint density at radius 2 is 2.04 bits per heavy atom. The van der Waals surface area contributed by atoms with Crippen LogP contribution in [0.2, 0.25) is 10.0 Å². The zero-order chi connectivity index (χ0) is 18.4. The standard InChI is InChI=1S/C17H17Cl2FN4O/c1-10(14-6-5-11(18)7-15(14)19)23-17(21)22-9-16(25)24-13-4-2-3-12(20)8-13/h2-8,10H,9H2,1H3,(H,24,25)(H3,21,22,23). The minimum atomic E-state index is -0.434. The molecule has 0 heterocycles. The van der Waals surface area contributed by atoms with E-state index in [0.717, 1.165) is 5.56 Å². The molecule has 2 rings (SSSR count). The van der Waals surface area contributed by atoms with Crippen LogP contribution in [0.1, 0.15) is 18.5 Å². The van der Waals surface area contributed by atoms with Crippen molar-refractivity contribution in [1.29, 1.82) is 0 Å². The minimum Gasteiger partial charge on any atom is -0.370 e. The van der Waals surface area contributed by atoms with E-state index in [1.807, 2.05) is 6.92 Å². The maximum Gasteiger partial charge on any atom is 0.246 e. The SMILES string of the molecule is CC(NC(N)=NCC(=O)Nc1cccc(F)c1)c1ccc(Cl)cc1Cl. The number of halogens is 3. The number of nitrogens with two attached hydrogens (primary N) is 1. The van der Waals surface area contributed by atoms with E-state index in [9.17, 15) is 9.18 Å². The number of hydrogen-bond acceptors (Lipinski definition) is 2. The van der Waals surface area contributed by atoms with Crippen LogP contribution in [0.15, 0.2) is 47.5 Å². The van der Waals surface area contributed by atoms with Crippen LogP contribution in [0, 0.1) is 5.82 Å². The Morgan fingerprint density at radius 3 is 2.72 bits per heavy atom. The van der Waals surface area contributed by atoms with Gasteiger partial charge in [-0.3, -0.25) is 4.79 Å². The normalized spacial score (nSPS) is 12.6. The minimum absolute atomic E-state index is 0.0907. The van der Waals surface area contributed by atoms with E-state index in [0.29, 0.717) is 15.7 Å². The molecule has 0 saturated heterocycles. The van der Waals surface area contributed by atoms with Crippen LogP contribution < -0.4 is 16.4 Å². The molecule has 0 fully saturated rings. The highest BCUT2D eigenvalue weighted by atomic mass is 35.5. The number of nitrogens with zero attached hydrogens (tertiary/aromatic N) is 1. The smallest absolute Gasteiger partial charge is 0.246 e. The maximum absolute atomic E-state index is 13.1. The number of carbonyl (C=O) groups is 1. The summed E-state index contributed by atoms with van der Waals surface area (Å²) in [5.74, 6) is -0.753. The van der Waals surface area contributed by atoms with Crippen molar-refractivity contribution in [3.8, 4) is 0 Å². The van der Waals surface area contributed by atoms with Crippen LogP contribution in [0.25, 0.3) is 0 Å². The summed E-state index contributed by atoms with van der Waals surface area (Å²) >= 11 is 12.0. The first kappa shape index (κ1) is 19.0. The molecule has 5 nitrogen and oxygen atoms in total. The predicted octanol–water partition coefficient (Wildman–Crippen LogP) is 3.74. The third-order valence-corrected chi connectivity index (χ3v) is 3.86. The molecule has 0 aliphatic rings. The molecule has 2 aromatic carbocycles. The van der Waals surface area contributed by atoms with Gasteiger partial charge in [0.05, 0.1) is 6.04 Å². The zero-order valence-corrected chi connectivity index (χ0v) is 14.9. The van der Waals surface area contributed by atoms with Gasteiger partial charge in [-0.15, -0.1) is 0 Å². The molecule has 132 valence electrons. The lowest BCUT2D eigenvalue weighted by atomic mass is 10.1. The molecule has 4 N–H and O–H groups in total. The quantitative estimate of drug-likeness (QED) is 0.544. The molecule has 8 heteroatoms. The second-order valence-electron chi connectivity index (χ2n) is 5.29. The third-order valence-electron chi connectivity index (χ3n) is 3.29. The lowest BCUT2D eigenvalue weighted by Gasteiger charge is -2.16. The van der Waals surface area contributed by atoms with Gasteiger partial charge in [0.15, 0.2) is 5.96 Å². The van der Waals surface area contributed by atoms with E-state index in [1.165, 1.54) is 18.2 Å². The maximum atomic E-state index is 13.1. The summed E-state index contributed by atoms with van der Waals surface area (Å²) < 4.78 is 13.1. The van der Waals surface area contributed by atoms with Crippen molar-refractivity contribution >= 4 is 40.8 Å². The van der Waals surface area contributed by atoms with Crippen molar-refractivity contribution in [2.45, 2.75) is 13.0 Å². The van der Waals surface area contributed by atoms with Crippen molar-refractivity contribution in [3.63, 3.8) is 0 Å². The van der Waals surface area contributed by atoms with Gasteiger partial charge in [-0.2, -0.15) is 0 Å². The molecule has 1 unspecified atom stereocenters. The van der Waals surface area contributed by atoms with Gasteiger partial charge in [-0.05, 0) is 42.8 Å². The van der Waals surface area contributed by atoms with E-state index in [1.54, 1.807) is 24.3 Å². The summed E-state index contributed by atoms with van der Waals surface area (Å²) in [6.45, 7) is 1.65. The Hall–Kier alpha value is -2.31. The molecule has 2 aromatic rings. The summed E-state index contributed by atoms with van der Waals surface area (Å²) in [4.78, 5) is 15.8. The van der Waals surface area contributed by atoms with Gasteiger partial charge in [-0.25, -0.2) is 9.38 Å². The second-order valence-corrected chi connectivity index (χ2v) is 6.14. The third kappa shape index (κ3) is 5.92. The van der Waals surface area contributed by atoms with Gasteiger partial charge in [0, 0.05) is 15.7 Å². The average Bonchev–Trinajstić information content (AvgIpc) is 2.52. The van der Waals surface area contributed by atoms with Gasteiger partial charge in [-0.1, -0.05) is 35.3 Å². The van der Waals surface area contributed by atoms with Crippen LogP contribution >= 0.6 is 23.2 Å². The van der Waals surface area contributed by atoms with E-state index in [4.69, 9.17) is 28.9 Å². The van der Waals surface area contributed by atoms with E-state index in [2.05, 4.69) is 15.6 Å². The summed E-state index contributed by atoms with van der Waals surface area (Å²) in [7, 11) is 0. The fraction of sp³-hybridized carbons (Fsp3) is 0.176. The fourth-order valence-electron chi connectivity index (χ4n) is 2.12. The lowest BCUT2D eigenvalue weighted by molar-refractivity contribution is -0.114. The first-order chi connectivity index (χ1) is 11.8. The van der Waals surface area contributed by atoms with Gasteiger partial charge in [0.2, 0.25) is 5.91 Å². The number of benzene rings is 2. The molecule has 0 aliphatic heterocycles. The molecular weight excluding hydrogens is 366 g/mol. The van der Waals surface area contributed by atoms with Crippen molar-refractivity contribution in [1.82, 2.24) is 5.32 Å². The first-order valence-electron chi connectivity index (χ1n) is 7.42. The van der Waals surface area contributed by atoms with Gasteiger partial charge >= 0.3 is 0 Å². The number of carbonyl (C=O) groups excluding carboxylic acids is 1. The van der Waals surface area contributed by atoms with E-state index >= 15 is 0 Å². The van der Waals surface area contributed by atoms with Crippen molar-refractivity contribution in [3.05, 3.63) is 63.9 Å². The largest absolute Gasteiger partial charge is 0.370 e. The first-order valence-corrected chi connectivity index (χ1v) is 8.17. The highest BCUT2D eigenvalue weighted by Crippen LogP contribution is 2.25. The zero-order valence-electron chi connectivity index (χ0n) is 13.4. The van der Waals surface area contributed by atoms with Crippen molar-refractivity contribution in [2.24, 2.45) is 10.7 Å². The summed E-state index contributed by atoms with van der Waals surface area (Å²) in [6.07, 6.45) is 0. The highest BCUT2D eigenvalue weighted by molar-refractivity contribution is 6.35. The number of hydrogen-bond donors (Lipinski definition) is 3. The summed E-state index contributed by atoms with van der Waals surface area (Å²) in [5, 5.41) is 6.52. The number of guanidine groups is 1.